The second kappa shape index (κ2) is 7.82. The predicted molar refractivity (Wildman–Crippen MR) is 104 cm³/mol. The lowest BCUT2D eigenvalue weighted by Crippen LogP contribution is -2.19. The molecule has 7 heteroatoms. The van der Waals surface area contributed by atoms with Gasteiger partial charge in [-0.15, -0.1) is 0 Å². The number of aryl methyl sites for hydroxylation is 2. The largest absolute Gasteiger partial charge is 0.355 e. The van der Waals surface area contributed by atoms with E-state index in [0.717, 1.165) is 23.0 Å². The maximum atomic E-state index is 13.0. The van der Waals surface area contributed by atoms with Crippen molar-refractivity contribution in [3.05, 3.63) is 71.3 Å². The van der Waals surface area contributed by atoms with Crippen LogP contribution in [0.15, 0.2) is 48.8 Å². The fraction of sp³-hybridized carbons (Fsp3) is 0.150. The van der Waals surface area contributed by atoms with Gasteiger partial charge in [-0.25, -0.2) is 14.4 Å². The van der Waals surface area contributed by atoms with E-state index < -0.39 is 5.82 Å². The summed E-state index contributed by atoms with van der Waals surface area (Å²) < 4.78 is 13.0. The first-order valence-electron chi connectivity index (χ1n) is 8.41. The van der Waals surface area contributed by atoms with E-state index in [9.17, 15) is 9.18 Å². The second-order valence-corrected chi connectivity index (χ2v) is 6.12. The molecule has 2 heterocycles. The number of nitrogens with zero attached hydrogens (tertiary/aromatic N) is 2. The van der Waals surface area contributed by atoms with E-state index in [-0.39, 0.29) is 5.91 Å². The first-order valence-corrected chi connectivity index (χ1v) is 8.41. The molecule has 0 atom stereocenters. The van der Waals surface area contributed by atoms with Crippen molar-refractivity contribution in [2.45, 2.75) is 13.8 Å². The Labute approximate surface area is 156 Å². The average Bonchev–Trinajstić information content (AvgIpc) is 2.65. The highest BCUT2D eigenvalue weighted by molar-refractivity contribution is 6.00. The van der Waals surface area contributed by atoms with Crippen molar-refractivity contribution in [2.24, 2.45) is 0 Å². The molecule has 0 bridgehead atoms. The Kier molecular flexibility index (Phi) is 5.30. The van der Waals surface area contributed by atoms with Crippen LogP contribution in [0.4, 0.5) is 27.4 Å². The van der Waals surface area contributed by atoms with Gasteiger partial charge in [0.1, 0.15) is 17.5 Å². The lowest BCUT2D eigenvalue weighted by atomic mass is 10.1. The van der Waals surface area contributed by atoms with Crippen molar-refractivity contribution in [3.63, 3.8) is 0 Å². The zero-order valence-electron chi connectivity index (χ0n) is 15.3. The van der Waals surface area contributed by atoms with E-state index in [1.807, 2.05) is 26.0 Å². The number of amides is 1. The monoisotopic (exact) mass is 365 g/mol. The van der Waals surface area contributed by atoms with Crippen LogP contribution in [0, 0.1) is 19.7 Å². The topological polar surface area (TPSA) is 78.9 Å². The summed E-state index contributed by atoms with van der Waals surface area (Å²) in [5.41, 5.74) is 4.12. The molecule has 0 saturated carbocycles. The van der Waals surface area contributed by atoms with Crippen LogP contribution >= 0.6 is 0 Å². The van der Waals surface area contributed by atoms with Gasteiger partial charge >= 0.3 is 0 Å². The number of halogens is 1. The quantitative estimate of drug-likeness (QED) is 0.635. The Morgan fingerprint density at radius 1 is 0.926 bits per heavy atom. The number of aromatic nitrogens is 2. The molecule has 0 aliphatic rings. The van der Waals surface area contributed by atoms with Gasteiger partial charge in [0.05, 0.1) is 17.4 Å². The predicted octanol–water partition coefficient (Wildman–Crippen LogP) is 4.08. The summed E-state index contributed by atoms with van der Waals surface area (Å²) in [6, 6.07) is 10.6. The molecule has 3 N–H and O–H groups in total. The standard InChI is InChI=1S/C20H20FN5O/c1-12-4-6-16(13(2)8-12)25-17-9-19(24-11-15(17)20(27)22-3)26-18-7-5-14(21)10-23-18/h4-11H,1-3H3,(H,22,27)(H2,23,24,25,26). The molecule has 0 spiro atoms. The maximum Gasteiger partial charge on any atom is 0.254 e. The number of carbonyl (C=O) groups is 1. The molecule has 0 aliphatic carbocycles. The van der Waals surface area contributed by atoms with E-state index in [1.54, 1.807) is 13.1 Å². The van der Waals surface area contributed by atoms with Gasteiger partial charge in [-0.05, 0) is 37.6 Å². The van der Waals surface area contributed by atoms with Gasteiger partial charge in [0.15, 0.2) is 0 Å². The van der Waals surface area contributed by atoms with Crippen molar-refractivity contribution in [2.75, 3.05) is 17.7 Å². The number of hydrogen-bond donors (Lipinski definition) is 3. The molecule has 2 aromatic heterocycles. The fourth-order valence-electron chi connectivity index (χ4n) is 2.62. The second-order valence-electron chi connectivity index (χ2n) is 6.12. The molecule has 0 radical (unpaired) electrons. The van der Waals surface area contributed by atoms with Crippen molar-refractivity contribution < 1.29 is 9.18 Å². The minimum Gasteiger partial charge on any atom is -0.355 e. The molecule has 0 unspecified atom stereocenters. The first kappa shape index (κ1) is 18.3. The van der Waals surface area contributed by atoms with Crippen LogP contribution in [0.1, 0.15) is 21.5 Å². The number of pyridine rings is 2. The van der Waals surface area contributed by atoms with E-state index in [0.29, 0.717) is 22.9 Å². The summed E-state index contributed by atoms with van der Waals surface area (Å²) in [6.07, 6.45) is 2.60. The van der Waals surface area contributed by atoms with Crippen LogP contribution in [0.3, 0.4) is 0 Å². The van der Waals surface area contributed by atoms with Gasteiger partial charge in [0.2, 0.25) is 0 Å². The molecule has 3 rings (SSSR count). The van der Waals surface area contributed by atoms with Crippen LogP contribution in [0.25, 0.3) is 0 Å². The SMILES string of the molecule is CNC(=O)c1cnc(Nc2ccc(F)cn2)cc1Nc1ccc(C)cc1C. The van der Waals surface area contributed by atoms with Gasteiger partial charge < -0.3 is 16.0 Å². The zero-order chi connectivity index (χ0) is 19.4. The number of hydrogen-bond acceptors (Lipinski definition) is 5. The highest BCUT2D eigenvalue weighted by atomic mass is 19.1. The minimum absolute atomic E-state index is 0.249. The summed E-state index contributed by atoms with van der Waals surface area (Å²) in [5, 5.41) is 8.92. The highest BCUT2D eigenvalue weighted by Crippen LogP contribution is 2.27. The summed E-state index contributed by atoms with van der Waals surface area (Å²) in [4.78, 5) is 20.4. The maximum absolute atomic E-state index is 13.0. The molecular weight excluding hydrogens is 345 g/mol. The molecule has 1 aromatic carbocycles. The normalized spacial score (nSPS) is 10.4. The average molecular weight is 365 g/mol. The molecule has 0 fully saturated rings. The summed E-state index contributed by atoms with van der Waals surface area (Å²) >= 11 is 0. The molecule has 0 aliphatic heterocycles. The van der Waals surface area contributed by atoms with E-state index in [2.05, 4.69) is 32.0 Å². The Balaban J connectivity index is 1.95. The number of carbonyl (C=O) groups excluding carboxylic acids is 1. The Bertz CT molecular complexity index is 973. The van der Waals surface area contributed by atoms with Crippen LogP contribution < -0.4 is 16.0 Å². The summed E-state index contributed by atoms with van der Waals surface area (Å²) in [6.45, 7) is 4.02. The summed E-state index contributed by atoms with van der Waals surface area (Å²) in [5.74, 6) is 0.269. The smallest absolute Gasteiger partial charge is 0.254 e. The van der Waals surface area contributed by atoms with Crippen LogP contribution in [0.5, 0.6) is 0 Å². The third-order valence-electron chi connectivity index (χ3n) is 4.01. The van der Waals surface area contributed by atoms with Crippen LogP contribution in [0.2, 0.25) is 0 Å². The Hall–Kier alpha value is -3.48. The minimum atomic E-state index is -0.416. The third kappa shape index (κ3) is 4.38. The molecule has 3 aromatic rings. The number of benzene rings is 1. The molecule has 1 amide bonds. The van der Waals surface area contributed by atoms with Gasteiger partial charge in [-0.2, -0.15) is 0 Å². The van der Waals surface area contributed by atoms with E-state index >= 15 is 0 Å². The first-order chi connectivity index (χ1) is 13.0. The van der Waals surface area contributed by atoms with E-state index in [4.69, 9.17) is 0 Å². The zero-order valence-corrected chi connectivity index (χ0v) is 15.3. The molecule has 27 heavy (non-hydrogen) atoms. The van der Waals surface area contributed by atoms with Crippen molar-refractivity contribution in [1.82, 2.24) is 15.3 Å². The van der Waals surface area contributed by atoms with E-state index in [1.165, 1.54) is 18.3 Å². The van der Waals surface area contributed by atoms with Crippen LogP contribution in [-0.2, 0) is 0 Å². The van der Waals surface area contributed by atoms with Crippen molar-refractivity contribution in [1.29, 1.82) is 0 Å². The Morgan fingerprint density at radius 2 is 1.70 bits per heavy atom. The third-order valence-corrected chi connectivity index (χ3v) is 4.01. The number of rotatable bonds is 5. The molecule has 138 valence electrons. The lowest BCUT2D eigenvalue weighted by molar-refractivity contribution is 0.0963. The molecule has 6 nitrogen and oxygen atoms in total. The van der Waals surface area contributed by atoms with Crippen LogP contribution in [-0.4, -0.2) is 22.9 Å². The van der Waals surface area contributed by atoms with Crippen molar-refractivity contribution >= 4 is 28.9 Å². The van der Waals surface area contributed by atoms with Gasteiger partial charge in [0, 0.05) is 25.0 Å². The van der Waals surface area contributed by atoms with Crippen molar-refractivity contribution in [3.8, 4) is 0 Å². The lowest BCUT2D eigenvalue weighted by Gasteiger charge is -2.15. The Morgan fingerprint density at radius 3 is 2.37 bits per heavy atom. The van der Waals surface area contributed by atoms with Gasteiger partial charge in [-0.1, -0.05) is 17.7 Å². The summed E-state index contributed by atoms with van der Waals surface area (Å²) in [7, 11) is 1.57. The fourth-order valence-corrected chi connectivity index (χ4v) is 2.62. The van der Waals surface area contributed by atoms with Gasteiger partial charge in [0.25, 0.3) is 5.91 Å². The highest BCUT2D eigenvalue weighted by Gasteiger charge is 2.13. The molecular formula is C20H20FN5O. The number of nitrogens with one attached hydrogen (secondary N) is 3. The molecule has 0 saturated heterocycles. The number of anilines is 4. The van der Waals surface area contributed by atoms with Gasteiger partial charge in [-0.3, -0.25) is 4.79 Å².